The van der Waals surface area contributed by atoms with Crippen LogP contribution in [0.15, 0.2) is 18.5 Å². The lowest BCUT2D eigenvalue weighted by Crippen LogP contribution is -2.39. The van der Waals surface area contributed by atoms with E-state index >= 15 is 0 Å². The fourth-order valence-electron chi connectivity index (χ4n) is 2.63. The first kappa shape index (κ1) is 12.9. The van der Waals surface area contributed by atoms with Crippen molar-refractivity contribution >= 4 is 22.8 Å². The van der Waals surface area contributed by atoms with Crippen LogP contribution in [0.3, 0.4) is 0 Å². The number of aromatic nitrogens is 3. The summed E-state index contributed by atoms with van der Waals surface area (Å²) in [5, 5.41) is 3.59. The van der Waals surface area contributed by atoms with Gasteiger partial charge < -0.3 is 9.88 Å². The van der Waals surface area contributed by atoms with Gasteiger partial charge in [-0.15, -0.1) is 0 Å². The first-order valence-corrected chi connectivity index (χ1v) is 8.14. The molecular weight excluding hydrogens is 256 g/mol. The van der Waals surface area contributed by atoms with Gasteiger partial charge in [0.15, 0.2) is 0 Å². The van der Waals surface area contributed by atoms with Gasteiger partial charge in [-0.1, -0.05) is 6.92 Å². The normalized spacial score (nSPS) is 19.9. The standard InChI is InChI=1S/C14H20N4S/c1-2-6-18-13-3-4-15-9-12(13)17-14(18)8-11-10-19-7-5-16-11/h3-4,9,11,16H,2,5-8,10H2,1H3. The van der Waals surface area contributed by atoms with Gasteiger partial charge in [-0.2, -0.15) is 11.8 Å². The van der Waals surface area contributed by atoms with Gasteiger partial charge in [-0.25, -0.2) is 4.98 Å². The topological polar surface area (TPSA) is 42.7 Å². The van der Waals surface area contributed by atoms with E-state index in [0.717, 1.165) is 31.4 Å². The second-order valence-corrected chi connectivity index (χ2v) is 6.12. The second kappa shape index (κ2) is 5.92. The highest BCUT2D eigenvalue weighted by atomic mass is 32.2. The first-order valence-electron chi connectivity index (χ1n) is 6.98. The Labute approximate surface area is 118 Å². The van der Waals surface area contributed by atoms with Gasteiger partial charge in [-0.05, 0) is 12.5 Å². The highest BCUT2D eigenvalue weighted by Crippen LogP contribution is 2.18. The van der Waals surface area contributed by atoms with E-state index in [2.05, 4.69) is 27.9 Å². The number of rotatable bonds is 4. The number of hydrogen-bond acceptors (Lipinski definition) is 4. The number of hydrogen-bond donors (Lipinski definition) is 1. The fourth-order valence-corrected chi connectivity index (χ4v) is 3.58. The minimum Gasteiger partial charge on any atom is -0.328 e. The molecule has 2 aromatic heterocycles. The third-order valence-electron chi connectivity index (χ3n) is 3.50. The van der Waals surface area contributed by atoms with Crippen molar-refractivity contribution in [2.45, 2.75) is 32.4 Å². The summed E-state index contributed by atoms with van der Waals surface area (Å²) in [6.45, 7) is 4.37. The van der Waals surface area contributed by atoms with Crippen molar-refractivity contribution in [2.24, 2.45) is 0 Å². The summed E-state index contributed by atoms with van der Waals surface area (Å²) in [5.74, 6) is 3.61. The maximum absolute atomic E-state index is 4.78. The Balaban J connectivity index is 1.90. The van der Waals surface area contributed by atoms with Gasteiger partial charge in [0.05, 0.1) is 11.7 Å². The molecule has 3 rings (SSSR count). The largest absolute Gasteiger partial charge is 0.328 e. The molecule has 1 atom stereocenters. The molecule has 1 saturated heterocycles. The number of nitrogens with one attached hydrogen (secondary N) is 1. The molecule has 4 nitrogen and oxygen atoms in total. The van der Waals surface area contributed by atoms with E-state index in [1.165, 1.54) is 22.8 Å². The Morgan fingerprint density at radius 3 is 3.26 bits per heavy atom. The molecule has 0 radical (unpaired) electrons. The maximum atomic E-state index is 4.78. The van der Waals surface area contributed by atoms with Crippen molar-refractivity contribution in [3.63, 3.8) is 0 Å². The molecule has 1 N–H and O–H groups in total. The van der Waals surface area contributed by atoms with Gasteiger partial charge in [0.2, 0.25) is 0 Å². The molecule has 0 saturated carbocycles. The molecule has 2 aromatic rings. The van der Waals surface area contributed by atoms with Crippen LogP contribution in [0, 0.1) is 0 Å². The molecule has 19 heavy (non-hydrogen) atoms. The van der Waals surface area contributed by atoms with Crippen LogP contribution in [0.2, 0.25) is 0 Å². The summed E-state index contributed by atoms with van der Waals surface area (Å²) < 4.78 is 2.36. The molecule has 1 aliphatic heterocycles. The van der Waals surface area contributed by atoms with Crippen molar-refractivity contribution in [3.8, 4) is 0 Å². The summed E-state index contributed by atoms with van der Waals surface area (Å²) in [6, 6.07) is 2.63. The van der Waals surface area contributed by atoms with Crippen molar-refractivity contribution in [3.05, 3.63) is 24.3 Å². The number of imidazole rings is 1. The predicted molar refractivity (Wildman–Crippen MR) is 80.6 cm³/mol. The van der Waals surface area contributed by atoms with E-state index in [0.29, 0.717) is 6.04 Å². The van der Waals surface area contributed by atoms with Crippen molar-refractivity contribution < 1.29 is 0 Å². The molecule has 0 aliphatic carbocycles. The smallest absolute Gasteiger partial charge is 0.111 e. The molecule has 102 valence electrons. The zero-order valence-electron chi connectivity index (χ0n) is 11.3. The van der Waals surface area contributed by atoms with Crippen LogP contribution in [0.5, 0.6) is 0 Å². The van der Waals surface area contributed by atoms with E-state index in [1.54, 1.807) is 0 Å². The quantitative estimate of drug-likeness (QED) is 0.928. The molecule has 5 heteroatoms. The second-order valence-electron chi connectivity index (χ2n) is 4.97. The molecule has 0 aromatic carbocycles. The number of aryl methyl sites for hydroxylation is 1. The number of thioether (sulfide) groups is 1. The van der Waals surface area contributed by atoms with Crippen LogP contribution in [0.25, 0.3) is 11.0 Å². The van der Waals surface area contributed by atoms with Gasteiger partial charge in [-0.3, -0.25) is 4.98 Å². The van der Waals surface area contributed by atoms with Gasteiger partial charge in [0, 0.05) is 43.3 Å². The van der Waals surface area contributed by atoms with Crippen LogP contribution < -0.4 is 5.32 Å². The molecule has 1 aliphatic rings. The summed E-state index contributed by atoms with van der Waals surface area (Å²) in [5.41, 5.74) is 2.24. The average molecular weight is 276 g/mol. The summed E-state index contributed by atoms with van der Waals surface area (Å²) in [6.07, 6.45) is 5.87. The van der Waals surface area contributed by atoms with Crippen LogP contribution in [0.4, 0.5) is 0 Å². The van der Waals surface area contributed by atoms with E-state index in [1.807, 2.05) is 24.2 Å². The Morgan fingerprint density at radius 1 is 1.53 bits per heavy atom. The van der Waals surface area contributed by atoms with E-state index < -0.39 is 0 Å². The van der Waals surface area contributed by atoms with Crippen molar-refractivity contribution in [1.82, 2.24) is 19.9 Å². The molecule has 1 unspecified atom stereocenters. The summed E-state index contributed by atoms with van der Waals surface area (Å²) in [4.78, 5) is 8.96. The zero-order valence-corrected chi connectivity index (χ0v) is 12.1. The average Bonchev–Trinajstić information content (AvgIpc) is 2.79. The van der Waals surface area contributed by atoms with Gasteiger partial charge in [0.1, 0.15) is 11.3 Å². The Bertz CT molecular complexity index is 545. The molecule has 0 bridgehead atoms. The molecule has 0 spiro atoms. The number of fused-ring (bicyclic) bond motifs is 1. The third kappa shape index (κ3) is 2.77. The van der Waals surface area contributed by atoms with Gasteiger partial charge in [0.25, 0.3) is 0 Å². The SMILES string of the molecule is CCCn1c(CC2CSCCN2)nc2cnccc21. The van der Waals surface area contributed by atoms with Gasteiger partial charge >= 0.3 is 0 Å². The van der Waals surface area contributed by atoms with Crippen LogP contribution in [0.1, 0.15) is 19.2 Å². The van der Waals surface area contributed by atoms with Crippen LogP contribution in [-0.2, 0) is 13.0 Å². The van der Waals surface area contributed by atoms with E-state index in [4.69, 9.17) is 4.98 Å². The number of pyridine rings is 1. The fraction of sp³-hybridized carbons (Fsp3) is 0.571. The van der Waals surface area contributed by atoms with Crippen LogP contribution in [-0.4, -0.2) is 38.6 Å². The van der Waals surface area contributed by atoms with E-state index in [9.17, 15) is 0 Å². The Hall–Kier alpha value is -1.07. The van der Waals surface area contributed by atoms with Crippen LogP contribution >= 0.6 is 11.8 Å². The highest BCUT2D eigenvalue weighted by Gasteiger charge is 2.18. The predicted octanol–water partition coefficient (Wildman–Crippen LogP) is 2.09. The van der Waals surface area contributed by atoms with Crippen molar-refractivity contribution in [2.75, 3.05) is 18.1 Å². The minimum absolute atomic E-state index is 0.555. The Morgan fingerprint density at radius 2 is 2.47 bits per heavy atom. The molecule has 3 heterocycles. The summed E-state index contributed by atoms with van der Waals surface area (Å²) in [7, 11) is 0. The lowest BCUT2D eigenvalue weighted by atomic mass is 10.2. The third-order valence-corrected chi connectivity index (χ3v) is 4.64. The summed E-state index contributed by atoms with van der Waals surface area (Å²) >= 11 is 2.04. The molecular formula is C14H20N4S. The lowest BCUT2D eigenvalue weighted by Gasteiger charge is -2.23. The monoisotopic (exact) mass is 276 g/mol. The Kier molecular flexibility index (Phi) is 4.03. The number of nitrogens with zero attached hydrogens (tertiary/aromatic N) is 3. The van der Waals surface area contributed by atoms with E-state index in [-0.39, 0.29) is 0 Å². The zero-order chi connectivity index (χ0) is 13.1. The maximum Gasteiger partial charge on any atom is 0.111 e. The minimum atomic E-state index is 0.555. The highest BCUT2D eigenvalue weighted by molar-refractivity contribution is 7.99. The van der Waals surface area contributed by atoms with Crippen molar-refractivity contribution in [1.29, 1.82) is 0 Å². The molecule has 0 amide bonds. The lowest BCUT2D eigenvalue weighted by molar-refractivity contribution is 0.531. The first-order chi connectivity index (χ1) is 9.38. The molecule has 1 fully saturated rings.